The highest BCUT2D eigenvalue weighted by Gasteiger charge is 2.50. The van der Waals surface area contributed by atoms with Gasteiger partial charge in [-0.3, -0.25) is 20.0 Å². The van der Waals surface area contributed by atoms with Crippen LogP contribution in [0.1, 0.15) is 13.3 Å². The summed E-state index contributed by atoms with van der Waals surface area (Å²) in [7, 11) is -16.8. The van der Waals surface area contributed by atoms with E-state index in [1.165, 1.54) is 6.92 Å². The minimum Gasteiger partial charge on any atom is -0.387 e. The Morgan fingerprint density at radius 3 is 2.30 bits per heavy atom. The number of aliphatic hydroxyl groups excluding tert-OH is 2. The quantitative estimate of drug-likeness (QED) is 0.138. The van der Waals surface area contributed by atoms with E-state index in [-0.39, 0.29) is 6.42 Å². The normalized spacial score (nSPS) is 33.9. The number of carbonyl (C=O) groups is 2. The SMILES string of the molecule is CCC(=O)C1(N)C=CN([C@@H]2O[C@H](COP(=O)(O)OP(=O)(O)OP(=O)(O)O)[C@@H](O)[C@H]2O)C(=O)N1. The second-order valence-corrected chi connectivity index (χ2v) is 11.2. The summed E-state index contributed by atoms with van der Waals surface area (Å²) < 4.78 is 50.4. The van der Waals surface area contributed by atoms with Gasteiger partial charge in [-0.05, 0) is 6.08 Å². The van der Waals surface area contributed by atoms with Crippen LogP contribution in [-0.4, -0.2) is 83.3 Å². The topological polar surface area (TPSA) is 285 Å². The van der Waals surface area contributed by atoms with Crippen molar-refractivity contribution in [1.29, 1.82) is 0 Å². The fourth-order valence-corrected chi connectivity index (χ4v) is 5.80. The zero-order chi connectivity index (χ0) is 25.4. The fraction of sp³-hybridized carbons (Fsp3) is 0.667. The van der Waals surface area contributed by atoms with Crippen LogP contribution in [0.4, 0.5) is 4.79 Å². The Morgan fingerprint density at radius 1 is 1.18 bits per heavy atom. The standard InChI is InChI=1S/C12H22N3O15P3/c1-2-7(16)12(13)3-4-15(11(19)14-12)10-9(18)8(17)6(28-10)5-27-32(23,24)30-33(25,26)29-31(20,21)22/h3-4,6,8-10,17-18H,2,5,13H2,1H3,(H,14,19)(H,23,24)(H,25,26)(H2,20,21,22)/t6-,8-,9-,10-,12?/m1/s1. The van der Waals surface area contributed by atoms with Crippen molar-refractivity contribution in [2.45, 2.75) is 43.5 Å². The molecular weight excluding hydrogens is 519 g/mol. The number of hydrogen-bond donors (Lipinski definition) is 8. The van der Waals surface area contributed by atoms with Crippen molar-refractivity contribution in [3.05, 3.63) is 12.3 Å². The molecule has 2 amide bonds. The van der Waals surface area contributed by atoms with Gasteiger partial charge in [-0.25, -0.2) is 18.5 Å². The molecule has 18 nitrogen and oxygen atoms in total. The van der Waals surface area contributed by atoms with Crippen LogP contribution in [0.5, 0.6) is 0 Å². The molecule has 3 unspecified atom stereocenters. The molecule has 2 aliphatic rings. The number of phosphoric ester groups is 1. The van der Waals surface area contributed by atoms with Crippen molar-refractivity contribution in [3.8, 4) is 0 Å². The van der Waals surface area contributed by atoms with Crippen LogP contribution < -0.4 is 11.1 Å². The minimum absolute atomic E-state index is 0.00502. The average Bonchev–Trinajstić information content (AvgIpc) is 2.91. The van der Waals surface area contributed by atoms with E-state index in [9.17, 15) is 38.4 Å². The molecule has 2 rings (SSSR count). The van der Waals surface area contributed by atoms with Gasteiger partial charge < -0.3 is 39.8 Å². The molecular formula is C12H22N3O15P3. The maximum Gasteiger partial charge on any atom is 0.490 e. The Kier molecular flexibility index (Phi) is 8.44. The van der Waals surface area contributed by atoms with Crippen molar-refractivity contribution >= 4 is 35.3 Å². The lowest BCUT2D eigenvalue weighted by atomic mass is 10.0. The highest BCUT2D eigenvalue weighted by molar-refractivity contribution is 7.66. The van der Waals surface area contributed by atoms with E-state index in [2.05, 4.69) is 18.5 Å². The largest absolute Gasteiger partial charge is 0.490 e. The summed E-state index contributed by atoms with van der Waals surface area (Å²) in [5.41, 5.74) is 3.99. The Morgan fingerprint density at radius 2 is 1.79 bits per heavy atom. The molecule has 1 fully saturated rings. The number of urea groups is 1. The van der Waals surface area contributed by atoms with Gasteiger partial charge in [-0.1, -0.05) is 6.92 Å². The molecule has 7 atom stereocenters. The highest BCUT2D eigenvalue weighted by Crippen LogP contribution is 2.66. The number of ether oxygens (including phenoxy) is 1. The fourth-order valence-electron chi connectivity index (χ4n) is 2.77. The van der Waals surface area contributed by atoms with E-state index in [4.69, 9.17) is 25.2 Å². The Bertz CT molecular complexity index is 954. The molecule has 21 heteroatoms. The van der Waals surface area contributed by atoms with E-state index in [0.29, 0.717) is 0 Å². The second-order valence-electron chi connectivity index (χ2n) is 6.73. The molecule has 2 aliphatic heterocycles. The minimum atomic E-state index is -5.75. The zero-order valence-electron chi connectivity index (χ0n) is 16.6. The van der Waals surface area contributed by atoms with Crippen molar-refractivity contribution in [3.63, 3.8) is 0 Å². The number of phosphoric acid groups is 3. The Hall–Kier alpha value is -1.07. The molecule has 190 valence electrons. The summed E-state index contributed by atoms with van der Waals surface area (Å²) in [6, 6.07) is -0.980. The predicted molar refractivity (Wildman–Crippen MR) is 102 cm³/mol. The van der Waals surface area contributed by atoms with Crippen LogP contribution in [0.25, 0.3) is 0 Å². The third-order valence-electron chi connectivity index (χ3n) is 4.26. The van der Waals surface area contributed by atoms with Crippen LogP contribution in [0.2, 0.25) is 0 Å². The lowest BCUT2D eigenvalue weighted by Crippen LogP contribution is -2.66. The van der Waals surface area contributed by atoms with Crippen LogP contribution in [0.3, 0.4) is 0 Å². The molecule has 0 aromatic carbocycles. The summed E-state index contributed by atoms with van der Waals surface area (Å²) in [6.07, 6.45) is -4.64. The molecule has 2 heterocycles. The van der Waals surface area contributed by atoms with Gasteiger partial charge in [-0.15, -0.1) is 0 Å². The van der Waals surface area contributed by atoms with Crippen molar-refractivity contribution in [1.82, 2.24) is 10.2 Å². The van der Waals surface area contributed by atoms with E-state index in [1.807, 2.05) is 0 Å². The van der Waals surface area contributed by atoms with Gasteiger partial charge >= 0.3 is 29.5 Å². The van der Waals surface area contributed by atoms with Crippen LogP contribution in [0.15, 0.2) is 12.3 Å². The monoisotopic (exact) mass is 541 g/mol. The van der Waals surface area contributed by atoms with Gasteiger partial charge in [0.15, 0.2) is 17.7 Å². The van der Waals surface area contributed by atoms with Crippen molar-refractivity contribution in [2.24, 2.45) is 5.73 Å². The maximum absolute atomic E-state index is 12.4. The third-order valence-corrected chi connectivity index (χ3v) is 8.06. The first-order chi connectivity index (χ1) is 14.9. The van der Waals surface area contributed by atoms with Crippen LogP contribution >= 0.6 is 23.5 Å². The van der Waals surface area contributed by atoms with Crippen LogP contribution in [-0.2, 0) is 36.4 Å². The Labute approximate surface area is 185 Å². The number of nitrogens with two attached hydrogens (primary N) is 1. The van der Waals surface area contributed by atoms with E-state index in [0.717, 1.165) is 17.2 Å². The van der Waals surface area contributed by atoms with E-state index >= 15 is 0 Å². The third kappa shape index (κ3) is 7.21. The number of nitrogens with zero attached hydrogens (tertiary/aromatic N) is 1. The predicted octanol–water partition coefficient (Wildman–Crippen LogP) is -2.05. The van der Waals surface area contributed by atoms with Gasteiger partial charge in [-0.2, -0.15) is 8.62 Å². The first-order valence-electron chi connectivity index (χ1n) is 8.81. The number of carbonyl (C=O) groups excluding carboxylic acids is 2. The molecule has 0 radical (unpaired) electrons. The summed E-state index contributed by atoms with van der Waals surface area (Å²) >= 11 is 0. The van der Waals surface area contributed by atoms with Gasteiger partial charge in [0.1, 0.15) is 18.3 Å². The number of rotatable bonds is 10. The van der Waals surface area contributed by atoms with Gasteiger partial charge in [0.05, 0.1) is 6.61 Å². The van der Waals surface area contributed by atoms with Gasteiger partial charge in [0.25, 0.3) is 0 Å². The number of aliphatic hydroxyl groups is 2. The lowest BCUT2D eigenvalue weighted by molar-refractivity contribution is -0.123. The highest BCUT2D eigenvalue weighted by atomic mass is 31.3. The summed E-state index contributed by atoms with van der Waals surface area (Å²) in [4.78, 5) is 60.5. The van der Waals surface area contributed by atoms with Crippen LogP contribution in [0, 0.1) is 0 Å². The summed E-state index contributed by atoms with van der Waals surface area (Å²) in [5, 5.41) is 22.5. The zero-order valence-corrected chi connectivity index (χ0v) is 19.3. The molecule has 0 spiro atoms. The molecule has 0 aromatic heterocycles. The molecule has 0 bridgehead atoms. The number of nitrogens with one attached hydrogen (secondary N) is 1. The van der Waals surface area contributed by atoms with Gasteiger partial charge in [0, 0.05) is 12.6 Å². The van der Waals surface area contributed by atoms with E-state index < -0.39 is 72.1 Å². The molecule has 33 heavy (non-hydrogen) atoms. The number of amides is 2. The smallest absolute Gasteiger partial charge is 0.387 e. The van der Waals surface area contributed by atoms with Gasteiger partial charge in [0.2, 0.25) is 0 Å². The number of ketones is 1. The lowest BCUT2D eigenvalue weighted by Gasteiger charge is -2.36. The average molecular weight is 541 g/mol. The summed E-state index contributed by atoms with van der Waals surface area (Å²) in [6.45, 7) is 0.457. The molecule has 0 saturated carbocycles. The second kappa shape index (κ2) is 9.89. The Balaban J connectivity index is 2.05. The molecule has 9 N–H and O–H groups in total. The molecule has 0 aliphatic carbocycles. The number of Topliss-reactive ketones (excluding diaryl/α,β-unsaturated/α-hetero) is 1. The first-order valence-corrected chi connectivity index (χ1v) is 13.3. The maximum atomic E-state index is 12.4. The molecule has 1 saturated heterocycles. The number of hydrogen-bond acceptors (Lipinski definition) is 12. The van der Waals surface area contributed by atoms with Crippen molar-refractivity contribution < 1.29 is 71.0 Å². The van der Waals surface area contributed by atoms with E-state index in [1.54, 1.807) is 0 Å². The first kappa shape index (κ1) is 28.2. The summed E-state index contributed by atoms with van der Waals surface area (Å²) in [5.74, 6) is -0.520. The van der Waals surface area contributed by atoms with Crippen molar-refractivity contribution in [2.75, 3.05) is 6.61 Å². The molecule has 0 aromatic rings.